The molecule has 1 aliphatic heterocycles. The summed E-state index contributed by atoms with van der Waals surface area (Å²) in [6.07, 6.45) is 7.39. The lowest BCUT2D eigenvalue weighted by atomic mass is 9.44. The number of aliphatic hydroxyl groups excluding tert-OH is 1. The Morgan fingerprint density at radius 2 is 2.00 bits per heavy atom. The van der Waals surface area contributed by atoms with Crippen LogP contribution in [0, 0.1) is 34.5 Å². The van der Waals surface area contributed by atoms with Gasteiger partial charge in [0.1, 0.15) is 17.7 Å². The molecule has 0 amide bonds. The third-order valence-electron chi connectivity index (χ3n) is 9.36. The van der Waals surface area contributed by atoms with Crippen LogP contribution in [0.15, 0.2) is 5.16 Å². The predicted octanol–water partition coefficient (Wildman–Crippen LogP) is 2.48. The lowest BCUT2D eigenvalue weighted by Gasteiger charge is -2.59. The maximum Gasteiger partial charge on any atom is 0.141 e. The van der Waals surface area contributed by atoms with E-state index < -0.39 is 0 Å². The fourth-order valence-electron chi connectivity index (χ4n) is 7.66. The van der Waals surface area contributed by atoms with Gasteiger partial charge in [-0.2, -0.15) is 0 Å². The highest BCUT2D eigenvalue weighted by molar-refractivity contribution is 5.93. The number of ketones is 2. The second kappa shape index (κ2) is 7.16. The number of rotatable bonds is 3. The minimum absolute atomic E-state index is 0.0721. The Morgan fingerprint density at radius 3 is 2.76 bits per heavy atom. The van der Waals surface area contributed by atoms with Crippen LogP contribution in [0.2, 0.25) is 0 Å². The molecule has 160 valence electrons. The Kier molecular flexibility index (Phi) is 4.86. The third kappa shape index (κ3) is 2.93. The predicted molar refractivity (Wildman–Crippen MR) is 108 cm³/mol. The molecule has 29 heavy (non-hydrogen) atoms. The van der Waals surface area contributed by atoms with Gasteiger partial charge in [0.2, 0.25) is 0 Å². The molecular weight excluding hydrogens is 368 g/mol. The van der Waals surface area contributed by atoms with Gasteiger partial charge >= 0.3 is 0 Å². The molecule has 5 rings (SSSR count). The number of carbonyl (C=O) groups excluding carboxylic acids is 2. The summed E-state index contributed by atoms with van der Waals surface area (Å²) in [5.41, 5.74) is 0.408. The van der Waals surface area contributed by atoms with Crippen molar-refractivity contribution in [3.05, 3.63) is 0 Å². The van der Waals surface area contributed by atoms with Gasteiger partial charge in [-0.15, -0.1) is 0 Å². The van der Waals surface area contributed by atoms with E-state index in [-0.39, 0.29) is 41.2 Å². The molecule has 1 saturated heterocycles. The Balaban J connectivity index is 1.38. The van der Waals surface area contributed by atoms with Crippen LogP contribution < -0.4 is 5.32 Å². The average Bonchev–Trinajstić information content (AvgIpc) is 3.35. The van der Waals surface area contributed by atoms with Crippen molar-refractivity contribution >= 4 is 17.3 Å². The second-order valence-electron chi connectivity index (χ2n) is 10.5. The maximum atomic E-state index is 13.3. The van der Waals surface area contributed by atoms with Gasteiger partial charge in [0.15, 0.2) is 0 Å². The molecule has 0 aromatic rings. The SMILES string of the molecule is C[C@]12CCC3C(CC(=O)[C@H]4C/C(=N\O[C@H]5CCNC5)CC[C@]34CO)C1CCC2=O. The topological polar surface area (TPSA) is 88.0 Å². The number of nitrogens with one attached hydrogen (secondary N) is 1. The van der Waals surface area contributed by atoms with E-state index in [0.717, 1.165) is 57.3 Å². The number of hydrogen-bond acceptors (Lipinski definition) is 6. The van der Waals surface area contributed by atoms with Crippen LogP contribution >= 0.6 is 0 Å². The minimum Gasteiger partial charge on any atom is -0.396 e. The second-order valence-corrected chi connectivity index (χ2v) is 10.5. The van der Waals surface area contributed by atoms with Crippen molar-refractivity contribution in [2.75, 3.05) is 19.7 Å². The van der Waals surface area contributed by atoms with Crippen LogP contribution in [0.4, 0.5) is 0 Å². The van der Waals surface area contributed by atoms with Crippen molar-refractivity contribution in [2.45, 2.75) is 70.8 Å². The summed E-state index contributed by atoms with van der Waals surface area (Å²) in [7, 11) is 0. The molecule has 0 spiro atoms. The minimum atomic E-state index is -0.332. The largest absolute Gasteiger partial charge is 0.396 e. The van der Waals surface area contributed by atoms with Crippen LogP contribution in [0.1, 0.15) is 64.7 Å². The smallest absolute Gasteiger partial charge is 0.141 e. The van der Waals surface area contributed by atoms with Gasteiger partial charge < -0.3 is 15.3 Å². The molecule has 5 aliphatic rings. The zero-order valence-corrected chi connectivity index (χ0v) is 17.5. The molecule has 5 fully saturated rings. The van der Waals surface area contributed by atoms with Gasteiger partial charge in [-0.1, -0.05) is 12.1 Å². The molecule has 3 unspecified atom stereocenters. The molecule has 4 aliphatic carbocycles. The summed E-state index contributed by atoms with van der Waals surface area (Å²) in [5.74, 6) is 1.45. The molecule has 0 bridgehead atoms. The summed E-state index contributed by atoms with van der Waals surface area (Å²) in [6, 6.07) is 0. The van der Waals surface area contributed by atoms with Gasteiger partial charge in [-0.05, 0) is 62.8 Å². The number of nitrogens with zero attached hydrogens (tertiary/aromatic N) is 1. The summed E-state index contributed by atoms with van der Waals surface area (Å²) < 4.78 is 0. The lowest BCUT2D eigenvalue weighted by Crippen LogP contribution is -2.59. The molecule has 6 nitrogen and oxygen atoms in total. The zero-order chi connectivity index (χ0) is 20.2. The molecule has 2 N–H and O–H groups in total. The van der Waals surface area contributed by atoms with Gasteiger partial charge in [0.25, 0.3) is 0 Å². The first-order chi connectivity index (χ1) is 14.0. The number of hydrogen-bond donors (Lipinski definition) is 2. The quantitative estimate of drug-likeness (QED) is 0.708. The molecule has 0 aromatic carbocycles. The monoisotopic (exact) mass is 402 g/mol. The van der Waals surface area contributed by atoms with E-state index in [2.05, 4.69) is 17.4 Å². The van der Waals surface area contributed by atoms with Crippen LogP contribution in [0.5, 0.6) is 0 Å². The zero-order valence-electron chi connectivity index (χ0n) is 17.5. The number of fused-ring (bicyclic) bond motifs is 5. The van der Waals surface area contributed by atoms with Crippen molar-refractivity contribution in [1.29, 1.82) is 0 Å². The van der Waals surface area contributed by atoms with E-state index in [4.69, 9.17) is 4.84 Å². The van der Waals surface area contributed by atoms with Gasteiger partial charge in [-0.25, -0.2) is 0 Å². The van der Waals surface area contributed by atoms with E-state index >= 15 is 0 Å². The summed E-state index contributed by atoms with van der Waals surface area (Å²) >= 11 is 0. The standard InChI is InChI=1S/C23H34N2O4/c1-22-7-5-18-16(17(22)2-3-21(22)28)11-20(27)19-10-14(4-8-23(18,19)13-26)25-29-15-6-9-24-12-15/h15-19,24,26H,2-13H2,1H3/b25-14-/t15-,16?,17?,18?,19+,22-,23-/m0/s1. The average molecular weight is 403 g/mol. The molecular formula is C23H34N2O4. The highest BCUT2D eigenvalue weighted by Crippen LogP contribution is 2.64. The number of Topliss-reactive ketones (excluding diaryl/α,β-unsaturated/α-hetero) is 2. The number of aliphatic hydroxyl groups is 1. The first kappa shape index (κ1) is 19.7. The molecule has 0 aromatic heterocycles. The van der Waals surface area contributed by atoms with Crippen molar-refractivity contribution in [3.63, 3.8) is 0 Å². The van der Waals surface area contributed by atoms with Crippen LogP contribution in [-0.4, -0.2) is 48.2 Å². The summed E-state index contributed by atoms with van der Waals surface area (Å²) in [6.45, 7) is 4.01. The number of carbonyl (C=O) groups is 2. The number of oxime groups is 1. The first-order valence-corrected chi connectivity index (χ1v) is 11.6. The highest BCUT2D eigenvalue weighted by atomic mass is 16.6. The van der Waals surface area contributed by atoms with Crippen molar-refractivity contribution < 1.29 is 19.5 Å². The fraction of sp³-hybridized carbons (Fsp3) is 0.870. The van der Waals surface area contributed by atoms with E-state index in [0.29, 0.717) is 36.9 Å². The molecule has 6 heteroatoms. The molecule has 1 heterocycles. The van der Waals surface area contributed by atoms with E-state index in [1.165, 1.54) is 0 Å². The Labute approximate surface area is 172 Å². The van der Waals surface area contributed by atoms with E-state index in [1.807, 2.05) is 0 Å². The maximum absolute atomic E-state index is 13.3. The van der Waals surface area contributed by atoms with Crippen LogP contribution in [0.3, 0.4) is 0 Å². The first-order valence-electron chi connectivity index (χ1n) is 11.6. The molecule has 7 atom stereocenters. The van der Waals surface area contributed by atoms with E-state index in [9.17, 15) is 14.7 Å². The van der Waals surface area contributed by atoms with Crippen LogP contribution in [0.25, 0.3) is 0 Å². The van der Waals surface area contributed by atoms with E-state index in [1.54, 1.807) is 0 Å². The molecule has 4 saturated carbocycles. The van der Waals surface area contributed by atoms with Crippen molar-refractivity contribution in [2.24, 2.45) is 39.7 Å². The van der Waals surface area contributed by atoms with Crippen molar-refractivity contribution in [1.82, 2.24) is 5.32 Å². The van der Waals surface area contributed by atoms with Gasteiger partial charge in [0, 0.05) is 49.2 Å². The van der Waals surface area contributed by atoms with Gasteiger partial charge in [-0.3, -0.25) is 9.59 Å². The fourth-order valence-corrected chi connectivity index (χ4v) is 7.66. The molecule has 0 radical (unpaired) electrons. The summed E-state index contributed by atoms with van der Waals surface area (Å²) in [4.78, 5) is 31.6. The van der Waals surface area contributed by atoms with Gasteiger partial charge in [0.05, 0.1) is 5.71 Å². The highest BCUT2D eigenvalue weighted by Gasteiger charge is 2.63. The Morgan fingerprint density at radius 1 is 1.14 bits per heavy atom. The Hall–Kier alpha value is -1.27. The van der Waals surface area contributed by atoms with Crippen molar-refractivity contribution in [3.8, 4) is 0 Å². The van der Waals surface area contributed by atoms with Crippen LogP contribution in [-0.2, 0) is 14.4 Å². The summed E-state index contributed by atoms with van der Waals surface area (Å²) in [5, 5.41) is 18.3. The normalized spacial score (nSPS) is 48.3. The third-order valence-corrected chi connectivity index (χ3v) is 9.36. The lowest BCUT2D eigenvalue weighted by molar-refractivity contribution is -0.160. The Bertz CT molecular complexity index is 730.